The smallest absolute Gasteiger partial charge is 0.354 e. The van der Waals surface area contributed by atoms with Gasteiger partial charge in [-0.25, -0.2) is 9.97 Å². The Morgan fingerprint density at radius 3 is 2.28 bits per heavy atom. The molecule has 1 aliphatic rings. The van der Waals surface area contributed by atoms with E-state index in [2.05, 4.69) is 14.9 Å². The van der Waals surface area contributed by atoms with Crippen molar-refractivity contribution in [2.45, 2.75) is 6.18 Å². The zero-order chi connectivity index (χ0) is 17.9. The summed E-state index contributed by atoms with van der Waals surface area (Å²) in [5.41, 5.74) is 5.21. The summed E-state index contributed by atoms with van der Waals surface area (Å²) in [6, 6.07) is 9.76. The molecular weight excluding hydrogens is 331 g/mol. The summed E-state index contributed by atoms with van der Waals surface area (Å²) in [5.74, 6) is 0.406. The number of anilines is 1. The maximum atomic E-state index is 13.3. The molecule has 1 saturated heterocycles. The topological polar surface area (TPSA) is 58.3 Å². The van der Waals surface area contributed by atoms with Crippen LogP contribution in [0.2, 0.25) is 0 Å². The molecule has 2 N–H and O–H groups in total. The average Bonchev–Trinajstić information content (AvgIpc) is 2.62. The summed E-state index contributed by atoms with van der Waals surface area (Å²) in [5, 5.41) is 0. The van der Waals surface area contributed by atoms with Crippen molar-refractivity contribution in [2.24, 2.45) is 5.73 Å². The first-order valence-corrected chi connectivity index (χ1v) is 8.16. The highest BCUT2D eigenvalue weighted by molar-refractivity contribution is 5.58. The van der Waals surface area contributed by atoms with Gasteiger partial charge in [0.2, 0.25) is 0 Å². The third kappa shape index (κ3) is 4.26. The lowest BCUT2D eigenvalue weighted by Gasteiger charge is -2.35. The fourth-order valence-corrected chi connectivity index (χ4v) is 2.84. The third-order valence-electron chi connectivity index (χ3n) is 4.18. The van der Waals surface area contributed by atoms with Gasteiger partial charge in [0.15, 0.2) is 11.5 Å². The molecule has 1 aliphatic heterocycles. The molecule has 0 radical (unpaired) electrons. The molecule has 0 saturated carbocycles. The highest BCUT2D eigenvalue weighted by Gasteiger charge is 2.34. The van der Waals surface area contributed by atoms with Gasteiger partial charge in [0.05, 0.1) is 0 Å². The summed E-state index contributed by atoms with van der Waals surface area (Å²) in [7, 11) is 0. The van der Waals surface area contributed by atoms with Crippen molar-refractivity contribution >= 4 is 5.82 Å². The fraction of sp³-hybridized carbons (Fsp3) is 0.412. The van der Waals surface area contributed by atoms with Crippen molar-refractivity contribution in [3.8, 4) is 11.4 Å². The highest BCUT2D eigenvalue weighted by atomic mass is 19.4. The molecule has 3 rings (SSSR count). The molecule has 134 valence electrons. The Morgan fingerprint density at radius 2 is 1.68 bits per heavy atom. The summed E-state index contributed by atoms with van der Waals surface area (Å²) in [4.78, 5) is 12.2. The van der Waals surface area contributed by atoms with Crippen molar-refractivity contribution in [1.82, 2.24) is 14.9 Å². The molecule has 0 unspecified atom stereocenters. The van der Waals surface area contributed by atoms with Crippen LogP contribution in [-0.2, 0) is 6.18 Å². The van der Waals surface area contributed by atoms with Crippen LogP contribution in [0.1, 0.15) is 5.69 Å². The highest BCUT2D eigenvalue weighted by Crippen LogP contribution is 2.31. The Labute approximate surface area is 144 Å². The van der Waals surface area contributed by atoms with E-state index in [-0.39, 0.29) is 5.82 Å². The fourth-order valence-electron chi connectivity index (χ4n) is 2.84. The predicted octanol–water partition coefficient (Wildman–Crippen LogP) is 2.24. The van der Waals surface area contributed by atoms with Crippen molar-refractivity contribution in [3.05, 3.63) is 42.1 Å². The number of nitrogens with zero attached hydrogens (tertiary/aromatic N) is 4. The second-order valence-electron chi connectivity index (χ2n) is 5.92. The first kappa shape index (κ1) is 17.6. The van der Waals surface area contributed by atoms with Crippen LogP contribution in [0, 0.1) is 0 Å². The van der Waals surface area contributed by atoms with E-state index in [1.807, 2.05) is 4.90 Å². The van der Waals surface area contributed by atoms with Gasteiger partial charge in [-0.3, -0.25) is 4.90 Å². The van der Waals surface area contributed by atoms with E-state index in [0.717, 1.165) is 25.7 Å². The van der Waals surface area contributed by atoms with Gasteiger partial charge >= 0.3 is 6.18 Å². The normalized spacial score (nSPS) is 16.2. The van der Waals surface area contributed by atoms with Crippen LogP contribution in [0.5, 0.6) is 0 Å². The molecule has 1 fully saturated rings. The lowest BCUT2D eigenvalue weighted by Crippen LogP contribution is -2.48. The Morgan fingerprint density at radius 1 is 1.00 bits per heavy atom. The molecule has 2 aromatic rings. The Bertz CT molecular complexity index is 697. The Balaban J connectivity index is 1.91. The van der Waals surface area contributed by atoms with Crippen LogP contribution in [0.25, 0.3) is 11.4 Å². The maximum Gasteiger partial charge on any atom is 0.433 e. The summed E-state index contributed by atoms with van der Waals surface area (Å²) in [6.07, 6.45) is -4.51. The minimum atomic E-state index is -4.51. The molecule has 1 aromatic heterocycles. The van der Waals surface area contributed by atoms with E-state index in [4.69, 9.17) is 5.73 Å². The summed E-state index contributed by atoms with van der Waals surface area (Å²) in [6.45, 7) is 4.10. The van der Waals surface area contributed by atoms with Crippen LogP contribution >= 0.6 is 0 Å². The molecule has 2 heterocycles. The van der Waals surface area contributed by atoms with Gasteiger partial charge in [-0.05, 0) is 0 Å². The van der Waals surface area contributed by atoms with E-state index in [0.29, 0.717) is 31.0 Å². The van der Waals surface area contributed by atoms with Gasteiger partial charge in [0, 0.05) is 50.9 Å². The van der Waals surface area contributed by atoms with Crippen molar-refractivity contribution in [1.29, 1.82) is 0 Å². The summed E-state index contributed by atoms with van der Waals surface area (Å²) >= 11 is 0. The van der Waals surface area contributed by atoms with Crippen molar-refractivity contribution in [2.75, 3.05) is 44.2 Å². The predicted molar refractivity (Wildman–Crippen MR) is 90.2 cm³/mol. The number of aromatic nitrogens is 2. The lowest BCUT2D eigenvalue weighted by molar-refractivity contribution is -0.141. The number of hydrogen-bond acceptors (Lipinski definition) is 5. The van der Waals surface area contributed by atoms with Gasteiger partial charge in [-0.2, -0.15) is 13.2 Å². The molecule has 0 spiro atoms. The quantitative estimate of drug-likeness (QED) is 0.916. The first-order chi connectivity index (χ1) is 12.0. The number of piperazine rings is 1. The molecule has 25 heavy (non-hydrogen) atoms. The van der Waals surface area contributed by atoms with E-state index in [1.165, 1.54) is 0 Å². The zero-order valence-electron chi connectivity index (χ0n) is 13.7. The molecular formula is C17H20F3N5. The number of alkyl halides is 3. The summed E-state index contributed by atoms with van der Waals surface area (Å²) < 4.78 is 39.8. The molecule has 0 aliphatic carbocycles. The van der Waals surface area contributed by atoms with Crippen molar-refractivity contribution in [3.63, 3.8) is 0 Å². The molecule has 8 heteroatoms. The maximum absolute atomic E-state index is 13.3. The molecule has 0 atom stereocenters. The monoisotopic (exact) mass is 351 g/mol. The largest absolute Gasteiger partial charge is 0.433 e. The van der Waals surface area contributed by atoms with Gasteiger partial charge in [-0.1, -0.05) is 30.3 Å². The minimum absolute atomic E-state index is 0.0924. The zero-order valence-corrected chi connectivity index (χ0v) is 13.7. The number of nitrogens with two attached hydrogens (primary N) is 1. The Kier molecular flexibility index (Phi) is 5.19. The minimum Gasteiger partial charge on any atom is -0.354 e. The third-order valence-corrected chi connectivity index (χ3v) is 4.18. The number of hydrogen-bond donors (Lipinski definition) is 1. The van der Waals surface area contributed by atoms with Gasteiger partial charge in [-0.15, -0.1) is 0 Å². The molecule has 0 bridgehead atoms. The molecule has 1 aromatic carbocycles. The second kappa shape index (κ2) is 7.37. The van der Waals surface area contributed by atoms with Crippen LogP contribution < -0.4 is 10.6 Å². The molecule has 0 amide bonds. The van der Waals surface area contributed by atoms with E-state index in [9.17, 15) is 13.2 Å². The lowest BCUT2D eigenvalue weighted by atomic mass is 10.2. The van der Waals surface area contributed by atoms with Crippen molar-refractivity contribution < 1.29 is 13.2 Å². The van der Waals surface area contributed by atoms with Crippen LogP contribution in [0.4, 0.5) is 19.0 Å². The van der Waals surface area contributed by atoms with Crippen LogP contribution in [-0.4, -0.2) is 54.1 Å². The average molecular weight is 351 g/mol. The second-order valence-corrected chi connectivity index (χ2v) is 5.92. The van der Waals surface area contributed by atoms with Crippen LogP contribution in [0.15, 0.2) is 36.4 Å². The Hall–Kier alpha value is -2.19. The number of benzene rings is 1. The van der Waals surface area contributed by atoms with E-state index in [1.54, 1.807) is 30.3 Å². The van der Waals surface area contributed by atoms with E-state index >= 15 is 0 Å². The SMILES string of the molecule is NCCN1CCN(c2cc(C(F)(F)F)nc(-c3ccccc3)n2)CC1. The van der Waals surface area contributed by atoms with E-state index < -0.39 is 11.9 Å². The number of halogens is 3. The molecule has 5 nitrogen and oxygen atoms in total. The standard InChI is InChI=1S/C17H20F3N5/c18-17(19,20)14-12-15(25-10-8-24(7-6-21)9-11-25)23-16(22-14)13-4-2-1-3-5-13/h1-5,12H,6-11,21H2. The van der Waals surface area contributed by atoms with Gasteiger partial charge in [0.25, 0.3) is 0 Å². The number of rotatable bonds is 4. The van der Waals surface area contributed by atoms with Gasteiger partial charge in [0.1, 0.15) is 5.82 Å². The first-order valence-electron chi connectivity index (χ1n) is 8.16. The van der Waals surface area contributed by atoms with Gasteiger partial charge < -0.3 is 10.6 Å². The van der Waals surface area contributed by atoms with Crippen LogP contribution in [0.3, 0.4) is 0 Å².